The third kappa shape index (κ3) is 3.26. The molecule has 106 valence electrons. The SMILES string of the molecule is CCCN(Cc1ccccc1)c1c(F)cc(N)cc1F. The molecule has 0 unspecified atom stereocenters. The van der Waals surface area contributed by atoms with E-state index in [-0.39, 0.29) is 11.4 Å². The van der Waals surface area contributed by atoms with Gasteiger partial charge in [-0.2, -0.15) is 0 Å². The highest BCUT2D eigenvalue weighted by Crippen LogP contribution is 2.27. The van der Waals surface area contributed by atoms with Crippen LogP contribution in [0.25, 0.3) is 0 Å². The molecule has 0 bridgehead atoms. The first-order valence-electron chi connectivity index (χ1n) is 6.65. The molecule has 0 saturated heterocycles. The summed E-state index contributed by atoms with van der Waals surface area (Å²) < 4.78 is 28.1. The van der Waals surface area contributed by atoms with Gasteiger partial charge in [0.25, 0.3) is 0 Å². The van der Waals surface area contributed by atoms with Gasteiger partial charge in [-0.15, -0.1) is 0 Å². The summed E-state index contributed by atoms with van der Waals surface area (Å²) >= 11 is 0. The predicted octanol–water partition coefficient (Wildman–Crippen LogP) is 3.96. The van der Waals surface area contributed by atoms with Crippen LogP contribution in [-0.2, 0) is 6.54 Å². The maximum Gasteiger partial charge on any atom is 0.151 e. The Morgan fingerprint density at radius 3 is 2.20 bits per heavy atom. The van der Waals surface area contributed by atoms with Gasteiger partial charge in [-0.25, -0.2) is 8.78 Å². The lowest BCUT2D eigenvalue weighted by atomic mass is 10.1. The molecule has 2 N–H and O–H groups in total. The normalized spacial score (nSPS) is 10.6. The Balaban J connectivity index is 2.34. The summed E-state index contributed by atoms with van der Waals surface area (Å²) in [6, 6.07) is 11.9. The summed E-state index contributed by atoms with van der Waals surface area (Å²) in [5.41, 5.74) is 6.56. The lowest BCUT2D eigenvalue weighted by Crippen LogP contribution is -2.25. The van der Waals surface area contributed by atoms with Gasteiger partial charge in [-0.05, 0) is 24.1 Å². The second kappa shape index (κ2) is 6.37. The highest BCUT2D eigenvalue weighted by Gasteiger charge is 2.17. The summed E-state index contributed by atoms with van der Waals surface area (Å²) in [5.74, 6) is -1.24. The number of nitrogen functional groups attached to an aromatic ring is 1. The van der Waals surface area contributed by atoms with E-state index in [2.05, 4.69) is 0 Å². The van der Waals surface area contributed by atoms with Gasteiger partial charge in [0, 0.05) is 18.8 Å². The number of anilines is 2. The second-order valence-electron chi connectivity index (χ2n) is 4.74. The second-order valence-corrected chi connectivity index (χ2v) is 4.74. The van der Waals surface area contributed by atoms with Crippen molar-refractivity contribution < 1.29 is 8.78 Å². The summed E-state index contributed by atoms with van der Waals surface area (Å²) in [5, 5.41) is 0. The first kappa shape index (κ1) is 14.3. The van der Waals surface area contributed by atoms with E-state index in [0.29, 0.717) is 13.1 Å². The molecule has 0 saturated carbocycles. The number of hydrogen-bond acceptors (Lipinski definition) is 2. The Hall–Kier alpha value is -2.10. The van der Waals surface area contributed by atoms with Gasteiger partial charge in [0.05, 0.1) is 0 Å². The molecule has 0 aliphatic carbocycles. The van der Waals surface area contributed by atoms with Crippen molar-refractivity contribution in [2.75, 3.05) is 17.2 Å². The Morgan fingerprint density at radius 2 is 1.65 bits per heavy atom. The average Bonchev–Trinajstić information content (AvgIpc) is 2.39. The molecule has 0 aliphatic heterocycles. The molecule has 0 aliphatic rings. The standard InChI is InChI=1S/C16H18F2N2/c1-2-8-20(11-12-6-4-3-5-7-12)16-14(17)9-13(19)10-15(16)18/h3-7,9-10H,2,8,11,19H2,1H3. The van der Waals surface area contributed by atoms with Crippen LogP contribution < -0.4 is 10.6 Å². The number of rotatable bonds is 5. The third-order valence-corrected chi connectivity index (χ3v) is 3.07. The molecule has 0 heterocycles. The molecule has 0 spiro atoms. The Kier molecular flexibility index (Phi) is 4.56. The van der Waals surface area contributed by atoms with Crippen LogP contribution >= 0.6 is 0 Å². The Labute approximate surface area is 117 Å². The van der Waals surface area contributed by atoms with Gasteiger partial charge in [-0.3, -0.25) is 0 Å². The summed E-state index contributed by atoms with van der Waals surface area (Å²) in [7, 11) is 0. The Morgan fingerprint density at radius 1 is 1.05 bits per heavy atom. The van der Waals surface area contributed by atoms with Crippen molar-refractivity contribution in [3.05, 3.63) is 59.7 Å². The van der Waals surface area contributed by atoms with E-state index in [9.17, 15) is 8.78 Å². The summed E-state index contributed by atoms with van der Waals surface area (Å²) in [6.07, 6.45) is 0.802. The molecular formula is C16H18F2N2. The molecule has 20 heavy (non-hydrogen) atoms. The minimum Gasteiger partial charge on any atom is -0.399 e. The molecule has 4 heteroatoms. The number of hydrogen-bond donors (Lipinski definition) is 1. The number of halogens is 2. The van der Waals surface area contributed by atoms with E-state index >= 15 is 0 Å². The molecule has 0 aromatic heterocycles. The molecule has 2 rings (SSSR count). The van der Waals surface area contributed by atoms with Crippen LogP contribution in [0.2, 0.25) is 0 Å². The van der Waals surface area contributed by atoms with Crippen molar-refractivity contribution in [2.45, 2.75) is 19.9 Å². The minimum absolute atomic E-state index is 0.00935. The van der Waals surface area contributed by atoms with Gasteiger partial charge in [-0.1, -0.05) is 37.3 Å². The van der Waals surface area contributed by atoms with E-state index in [1.54, 1.807) is 4.90 Å². The molecule has 0 atom stereocenters. The average molecular weight is 276 g/mol. The highest BCUT2D eigenvalue weighted by atomic mass is 19.1. The summed E-state index contributed by atoms with van der Waals surface area (Å²) in [4.78, 5) is 1.71. The van der Waals surface area contributed by atoms with Crippen molar-refractivity contribution in [2.24, 2.45) is 0 Å². The van der Waals surface area contributed by atoms with Crippen LogP contribution in [0.4, 0.5) is 20.2 Å². The van der Waals surface area contributed by atoms with E-state index in [0.717, 1.165) is 24.1 Å². The number of nitrogens with two attached hydrogens (primary N) is 1. The predicted molar refractivity (Wildman–Crippen MR) is 78.6 cm³/mol. The fourth-order valence-corrected chi connectivity index (χ4v) is 2.23. The molecule has 0 amide bonds. The first-order valence-corrected chi connectivity index (χ1v) is 6.65. The van der Waals surface area contributed by atoms with Crippen LogP contribution in [0, 0.1) is 11.6 Å². The first-order chi connectivity index (χ1) is 9.61. The maximum absolute atomic E-state index is 14.0. The van der Waals surface area contributed by atoms with Crippen LogP contribution in [0.5, 0.6) is 0 Å². The molecule has 2 nitrogen and oxygen atoms in total. The van der Waals surface area contributed by atoms with E-state index in [1.165, 1.54) is 0 Å². The van der Waals surface area contributed by atoms with Crippen LogP contribution in [0.15, 0.2) is 42.5 Å². The van der Waals surface area contributed by atoms with Crippen molar-refractivity contribution in [3.63, 3.8) is 0 Å². The topological polar surface area (TPSA) is 29.3 Å². The summed E-state index contributed by atoms with van der Waals surface area (Å²) in [6.45, 7) is 3.02. The van der Waals surface area contributed by atoms with Gasteiger partial charge in [0.1, 0.15) is 5.69 Å². The van der Waals surface area contributed by atoms with Crippen LogP contribution in [0.1, 0.15) is 18.9 Å². The lowest BCUT2D eigenvalue weighted by molar-refractivity contribution is 0.569. The maximum atomic E-state index is 14.0. The zero-order chi connectivity index (χ0) is 14.5. The third-order valence-electron chi connectivity index (χ3n) is 3.07. The highest BCUT2D eigenvalue weighted by molar-refractivity contribution is 5.56. The zero-order valence-corrected chi connectivity index (χ0v) is 11.4. The largest absolute Gasteiger partial charge is 0.399 e. The smallest absolute Gasteiger partial charge is 0.151 e. The van der Waals surface area contributed by atoms with E-state index in [4.69, 9.17) is 5.73 Å². The zero-order valence-electron chi connectivity index (χ0n) is 11.4. The molecule has 2 aromatic rings. The van der Waals surface area contributed by atoms with Crippen molar-refractivity contribution in [1.82, 2.24) is 0 Å². The number of benzene rings is 2. The molecule has 0 fully saturated rings. The monoisotopic (exact) mass is 276 g/mol. The van der Waals surface area contributed by atoms with Crippen LogP contribution in [0.3, 0.4) is 0 Å². The lowest BCUT2D eigenvalue weighted by Gasteiger charge is -2.25. The van der Waals surface area contributed by atoms with Gasteiger partial charge in [0.2, 0.25) is 0 Å². The van der Waals surface area contributed by atoms with Crippen molar-refractivity contribution in [1.29, 1.82) is 0 Å². The number of nitrogens with zero attached hydrogens (tertiary/aromatic N) is 1. The van der Waals surface area contributed by atoms with Crippen molar-refractivity contribution >= 4 is 11.4 Å². The van der Waals surface area contributed by atoms with E-state index in [1.807, 2.05) is 37.3 Å². The van der Waals surface area contributed by atoms with Gasteiger partial charge < -0.3 is 10.6 Å². The molecule has 2 aromatic carbocycles. The van der Waals surface area contributed by atoms with E-state index < -0.39 is 11.6 Å². The Bertz CT molecular complexity index is 547. The molecular weight excluding hydrogens is 258 g/mol. The minimum atomic E-state index is -0.619. The van der Waals surface area contributed by atoms with Crippen LogP contribution in [-0.4, -0.2) is 6.54 Å². The quantitative estimate of drug-likeness (QED) is 0.837. The van der Waals surface area contributed by atoms with Gasteiger partial charge in [0.15, 0.2) is 11.6 Å². The molecule has 0 radical (unpaired) electrons. The van der Waals surface area contributed by atoms with Crippen molar-refractivity contribution in [3.8, 4) is 0 Å². The fourth-order valence-electron chi connectivity index (χ4n) is 2.23. The van der Waals surface area contributed by atoms with Gasteiger partial charge >= 0.3 is 0 Å². The fraction of sp³-hybridized carbons (Fsp3) is 0.250.